The quantitative estimate of drug-likeness (QED) is 0.435. The molecular weight excluding hydrogens is 143 g/mol. The molecule has 0 atom stereocenters. The van der Waals surface area contributed by atoms with E-state index < -0.39 is 8.72 Å². The van der Waals surface area contributed by atoms with E-state index in [-0.39, 0.29) is 0 Å². The van der Waals surface area contributed by atoms with Crippen molar-refractivity contribution in [2.24, 2.45) is 0 Å². The first kappa shape index (κ1) is 8.36. The predicted octanol–water partition coefficient (Wildman–Crippen LogP) is 0.543. The second-order valence-electron chi connectivity index (χ2n) is 1.31. The standard InChI is InChI=1S/C3H7BO2S2/c1-2-3-7-8(4,5)6/h2-3H2,1H3. The second-order valence-corrected chi connectivity index (χ2v) is 5.05. The molecule has 0 amide bonds. The summed E-state index contributed by atoms with van der Waals surface area (Å²) < 4.78 is 20.3. The monoisotopic (exact) mass is 150 g/mol. The van der Waals surface area contributed by atoms with E-state index in [1.165, 1.54) is 0 Å². The van der Waals surface area contributed by atoms with E-state index in [0.29, 0.717) is 5.75 Å². The first-order valence-electron chi connectivity index (χ1n) is 2.23. The Morgan fingerprint density at radius 1 is 1.62 bits per heavy atom. The van der Waals surface area contributed by atoms with Crippen LogP contribution in [0.5, 0.6) is 0 Å². The molecule has 0 saturated carbocycles. The van der Waals surface area contributed by atoms with Gasteiger partial charge < -0.3 is 0 Å². The molecule has 5 heteroatoms. The van der Waals surface area contributed by atoms with Gasteiger partial charge in [-0.25, -0.2) is 8.42 Å². The Morgan fingerprint density at radius 3 is 2.25 bits per heavy atom. The van der Waals surface area contributed by atoms with Gasteiger partial charge in [0.2, 0.25) is 0 Å². The highest BCUT2D eigenvalue weighted by Gasteiger charge is 1.98. The Balaban J connectivity index is 3.42. The van der Waals surface area contributed by atoms with E-state index in [0.717, 1.165) is 17.2 Å². The minimum absolute atomic E-state index is 0.582. The molecule has 0 fully saturated rings. The summed E-state index contributed by atoms with van der Waals surface area (Å²) in [6, 6.07) is 0. The Hall–Kier alpha value is 0.365. The Morgan fingerprint density at radius 2 is 2.12 bits per heavy atom. The zero-order valence-corrected chi connectivity index (χ0v) is 6.26. The minimum atomic E-state index is -3.27. The van der Waals surface area contributed by atoms with Crippen molar-refractivity contribution in [2.75, 3.05) is 5.75 Å². The molecule has 0 aromatic heterocycles. The molecule has 0 saturated heterocycles. The molecule has 2 radical (unpaired) electrons. The zero-order valence-electron chi connectivity index (χ0n) is 4.62. The van der Waals surface area contributed by atoms with Gasteiger partial charge in [-0.1, -0.05) is 6.92 Å². The SMILES string of the molecule is [B]S(=O)(=O)SCCC. The van der Waals surface area contributed by atoms with Crippen LogP contribution in [0.1, 0.15) is 13.3 Å². The van der Waals surface area contributed by atoms with Crippen LogP contribution in [0.3, 0.4) is 0 Å². The van der Waals surface area contributed by atoms with Gasteiger partial charge in [0.15, 0.2) is 0 Å². The molecule has 0 aliphatic carbocycles. The van der Waals surface area contributed by atoms with Crippen LogP contribution in [-0.2, 0) is 8.72 Å². The maximum atomic E-state index is 10.1. The number of hydrogen-bond acceptors (Lipinski definition) is 3. The summed E-state index contributed by atoms with van der Waals surface area (Å²) in [5.74, 6) is 0.582. The van der Waals surface area contributed by atoms with Gasteiger partial charge in [-0.15, -0.1) is 0 Å². The van der Waals surface area contributed by atoms with Gasteiger partial charge in [0.25, 0.3) is 7.12 Å². The lowest BCUT2D eigenvalue weighted by Crippen LogP contribution is -1.91. The summed E-state index contributed by atoms with van der Waals surface area (Å²) in [5, 5.41) is 0. The third-order valence-electron chi connectivity index (χ3n) is 0.452. The highest BCUT2D eigenvalue weighted by atomic mass is 33.1. The molecule has 0 aliphatic rings. The van der Waals surface area contributed by atoms with E-state index in [4.69, 9.17) is 0 Å². The van der Waals surface area contributed by atoms with Crippen molar-refractivity contribution >= 4 is 26.6 Å². The smallest absolute Gasteiger partial charge is 0.232 e. The van der Waals surface area contributed by atoms with Gasteiger partial charge in [-0.2, -0.15) is 0 Å². The lowest BCUT2D eigenvalue weighted by atomic mass is 10.6. The van der Waals surface area contributed by atoms with Gasteiger partial charge >= 0.3 is 0 Å². The maximum absolute atomic E-state index is 10.1. The number of rotatable bonds is 3. The van der Waals surface area contributed by atoms with Crippen LogP contribution in [0.15, 0.2) is 0 Å². The highest BCUT2D eigenvalue weighted by Crippen LogP contribution is 2.08. The van der Waals surface area contributed by atoms with E-state index >= 15 is 0 Å². The second kappa shape index (κ2) is 3.40. The Bertz CT molecular complexity index is 139. The average Bonchev–Trinajstić information content (AvgIpc) is 1.59. The molecule has 2 nitrogen and oxygen atoms in total. The van der Waals surface area contributed by atoms with Crippen molar-refractivity contribution in [2.45, 2.75) is 13.3 Å². The predicted molar refractivity (Wildman–Crippen MR) is 37.4 cm³/mol. The van der Waals surface area contributed by atoms with E-state index in [1.807, 2.05) is 6.92 Å². The lowest BCUT2D eigenvalue weighted by Gasteiger charge is -1.91. The van der Waals surface area contributed by atoms with Crippen LogP contribution in [0.4, 0.5) is 0 Å². The van der Waals surface area contributed by atoms with Gasteiger partial charge in [0, 0.05) is 5.75 Å². The van der Waals surface area contributed by atoms with E-state index in [1.54, 1.807) is 0 Å². The van der Waals surface area contributed by atoms with Crippen molar-refractivity contribution in [1.29, 1.82) is 0 Å². The van der Waals surface area contributed by atoms with Gasteiger partial charge in [-0.05, 0) is 17.2 Å². The number of hydrogen-bond donors (Lipinski definition) is 0. The maximum Gasteiger partial charge on any atom is 0.270 e. The van der Waals surface area contributed by atoms with Crippen LogP contribution in [-0.4, -0.2) is 21.3 Å². The average molecular weight is 150 g/mol. The molecule has 0 bridgehead atoms. The normalized spacial score (nSPS) is 11.6. The first-order valence-corrected chi connectivity index (χ1v) is 5.28. The fraction of sp³-hybridized carbons (Fsp3) is 1.00. The van der Waals surface area contributed by atoms with Crippen molar-refractivity contribution < 1.29 is 8.42 Å². The molecule has 0 aromatic rings. The molecule has 46 valence electrons. The first-order chi connectivity index (χ1) is 3.56. The van der Waals surface area contributed by atoms with Crippen LogP contribution >= 0.6 is 10.8 Å². The Labute approximate surface area is 54.7 Å². The molecule has 0 aromatic carbocycles. The summed E-state index contributed by atoms with van der Waals surface area (Å²) in [6.07, 6.45) is 0.834. The van der Waals surface area contributed by atoms with Gasteiger partial charge in [0.1, 0.15) is 8.72 Å². The van der Waals surface area contributed by atoms with Crippen LogP contribution in [0.2, 0.25) is 0 Å². The van der Waals surface area contributed by atoms with E-state index in [2.05, 4.69) is 7.12 Å². The van der Waals surface area contributed by atoms with Crippen LogP contribution in [0.25, 0.3) is 0 Å². The summed E-state index contributed by atoms with van der Waals surface area (Å²) in [6.45, 7) is 1.90. The molecular formula is C3H7BO2S2. The highest BCUT2D eigenvalue weighted by molar-refractivity contribution is 8.79. The third kappa shape index (κ3) is 6.36. The third-order valence-corrected chi connectivity index (χ3v) is 2.84. The summed E-state index contributed by atoms with van der Waals surface area (Å²) in [7, 11) is 2.17. The largest absolute Gasteiger partial charge is 0.270 e. The van der Waals surface area contributed by atoms with Crippen molar-refractivity contribution in [3.63, 3.8) is 0 Å². The Kier molecular flexibility index (Phi) is 3.56. The summed E-state index contributed by atoms with van der Waals surface area (Å²) >= 11 is 0. The lowest BCUT2D eigenvalue weighted by molar-refractivity contribution is 0.622. The summed E-state index contributed by atoms with van der Waals surface area (Å²) in [4.78, 5) is 0. The molecule has 0 heterocycles. The minimum Gasteiger partial charge on any atom is -0.232 e. The molecule has 0 unspecified atom stereocenters. The van der Waals surface area contributed by atoms with Crippen LogP contribution in [0, 0.1) is 0 Å². The van der Waals surface area contributed by atoms with Crippen molar-refractivity contribution in [1.82, 2.24) is 0 Å². The summed E-state index contributed by atoms with van der Waals surface area (Å²) in [5.41, 5.74) is 0. The molecule has 0 rings (SSSR count). The fourth-order valence-corrected chi connectivity index (χ4v) is 1.80. The molecule has 8 heavy (non-hydrogen) atoms. The van der Waals surface area contributed by atoms with Gasteiger partial charge in [0.05, 0.1) is 0 Å². The van der Waals surface area contributed by atoms with Crippen molar-refractivity contribution in [3.8, 4) is 0 Å². The van der Waals surface area contributed by atoms with Crippen molar-refractivity contribution in [3.05, 3.63) is 0 Å². The topological polar surface area (TPSA) is 34.1 Å². The van der Waals surface area contributed by atoms with E-state index in [9.17, 15) is 8.42 Å². The van der Waals surface area contributed by atoms with Crippen LogP contribution < -0.4 is 0 Å². The molecule has 0 spiro atoms. The zero-order chi connectivity index (χ0) is 6.62. The molecule has 0 N–H and O–H groups in total. The molecule has 0 aliphatic heterocycles. The van der Waals surface area contributed by atoms with Gasteiger partial charge in [-0.3, -0.25) is 0 Å². The fourth-order valence-electron chi connectivity index (χ4n) is 0.199.